The van der Waals surface area contributed by atoms with Crippen LogP contribution in [0.25, 0.3) is 11.1 Å². The first-order valence-corrected chi connectivity index (χ1v) is 11.5. The highest BCUT2D eigenvalue weighted by atomic mass is 16.6. The van der Waals surface area contributed by atoms with Gasteiger partial charge in [0.1, 0.15) is 12.1 Å². The highest BCUT2D eigenvalue weighted by Crippen LogP contribution is 2.45. The van der Waals surface area contributed by atoms with Gasteiger partial charge >= 0.3 is 12.1 Å². The molecule has 32 heavy (non-hydrogen) atoms. The Bertz CT molecular complexity index is 976. The van der Waals surface area contributed by atoms with Crippen molar-refractivity contribution in [3.8, 4) is 11.1 Å². The van der Waals surface area contributed by atoms with Crippen molar-refractivity contribution in [2.45, 2.75) is 56.1 Å². The van der Waals surface area contributed by atoms with Gasteiger partial charge in [-0.1, -0.05) is 48.5 Å². The molecule has 0 saturated carbocycles. The summed E-state index contributed by atoms with van der Waals surface area (Å²) in [4.78, 5) is 28.3. The Labute approximate surface area is 188 Å². The van der Waals surface area contributed by atoms with E-state index < -0.39 is 11.6 Å². The summed E-state index contributed by atoms with van der Waals surface area (Å²) in [7, 11) is 2.10. The van der Waals surface area contributed by atoms with Gasteiger partial charge < -0.3 is 19.7 Å². The number of carbonyl (C=O) groups excluding carboxylic acids is 2. The minimum Gasteiger partial charge on any atom is -0.464 e. The average molecular weight is 435 g/mol. The summed E-state index contributed by atoms with van der Waals surface area (Å²) in [5.74, 6) is -0.362. The fourth-order valence-corrected chi connectivity index (χ4v) is 5.89. The summed E-state index contributed by atoms with van der Waals surface area (Å²) < 4.78 is 11.1. The molecule has 1 aliphatic carbocycles. The third kappa shape index (κ3) is 3.47. The number of amides is 1. The Hall–Kier alpha value is -2.86. The van der Waals surface area contributed by atoms with Crippen LogP contribution < -0.4 is 5.32 Å². The molecule has 2 heterocycles. The number of fused-ring (bicyclic) bond motifs is 5. The lowest BCUT2D eigenvalue weighted by molar-refractivity contribution is -0.154. The molecule has 2 fully saturated rings. The second-order valence-corrected chi connectivity index (χ2v) is 9.21. The fraction of sp³-hybridized carbons (Fsp3) is 0.462. The molecule has 2 aromatic carbocycles. The topological polar surface area (TPSA) is 67.9 Å². The van der Waals surface area contributed by atoms with Crippen molar-refractivity contribution in [3.05, 3.63) is 59.7 Å². The first kappa shape index (κ1) is 21.0. The van der Waals surface area contributed by atoms with Gasteiger partial charge in [-0.2, -0.15) is 0 Å². The lowest BCUT2D eigenvalue weighted by atomic mass is 9.83. The fourth-order valence-electron chi connectivity index (χ4n) is 5.89. The Morgan fingerprint density at radius 1 is 0.969 bits per heavy atom. The SMILES string of the molecule is CCOC(=O)C1(NC(=O)OCC2c3ccccc3-c3ccccc32)CC2CCC(C1)N2C. The molecular formula is C26H30N2O4. The monoisotopic (exact) mass is 434 g/mol. The van der Waals surface area contributed by atoms with E-state index in [4.69, 9.17) is 9.47 Å². The summed E-state index contributed by atoms with van der Waals surface area (Å²) >= 11 is 0. The van der Waals surface area contributed by atoms with Gasteiger partial charge in [0.2, 0.25) is 0 Å². The lowest BCUT2D eigenvalue weighted by Crippen LogP contribution is -2.63. The molecule has 0 aromatic heterocycles. The summed E-state index contributed by atoms with van der Waals surface area (Å²) in [6.45, 7) is 2.31. The van der Waals surface area contributed by atoms with Gasteiger partial charge in [0, 0.05) is 18.0 Å². The average Bonchev–Trinajstić information content (AvgIpc) is 3.21. The molecule has 2 aliphatic heterocycles. The maximum Gasteiger partial charge on any atom is 0.408 e. The van der Waals surface area contributed by atoms with Crippen molar-refractivity contribution in [2.24, 2.45) is 0 Å². The largest absolute Gasteiger partial charge is 0.464 e. The summed E-state index contributed by atoms with van der Waals surface area (Å²) in [5, 5.41) is 2.95. The van der Waals surface area contributed by atoms with Gasteiger partial charge in [-0.05, 0) is 61.9 Å². The van der Waals surface area contributed by atoms with E-state index in [1.807, 2.05) is 24.3 Å². The van der Waals surface area contributed by atoms with Gasteiger partial charge in [-0.25, -0.2) is 9.59 Å². The van der Waals surface area contributed by atoms with Crippen LogP contribution in [0.15, 0.2) is 48.5 Å². The van der Waals surface area contributed by atoms with E-state index in [2.05, 4.69) is 41.5 Å². The number of hydrogen-bond acceptors (Lipinski definition) is 5. The molecule has 2 saturated heterocycles. The molecule has 0 spiro atoms. The molecule has 6 nitrogen and oxygen atoms in total. The number of carbonyl (C=O) groups is 2. The number of esters is 1. The molecule has 3 aliphatic rings. The Morgan fingerprint density at radius 3 is 2.09 bits per heavy atom. The normalized spacial score (nSPS) is 26.3. The van der Waals surface area contributed by atoms with Crippen molar-refractivity contribution in [1.29, 1.82) is 0 Å². The second kappa shape index (κ2) is 8.24. The van der Waals surface area contributed by atoms with Gasteiger partial charge in [0.25, 0.3) is 0 Å². The van der Waals surface area contributed by atoms with Crippen molar-refractivity contribution in [1.82, 2.24) is 10.2 Å². The molecule has 2 atom stereocenters. The molecular weight excluding hydrogens is 404 g/mol. The number of alkyl carbamates (subject to hydrolysis) is 1. The van der Waals surface area contributed by atoms with Crippen molar-refractivity contribution in [3.63, 3.8) is 0 Å². The van der Waals surface area contributed by atoms with Crippen LogP contribution in [-0.2, 0) is 14.3 Å². The van der Waals surface area contributed by atoms with E-state index in [1.165, 1.54) is 22.3 Å². The minimum absolute atomic E-state index is 0.0136. The molecule has 2 bridgehead atoms. The molecule has 0 radical (unpaired) electrons. The van der Waals surface area contributed by atoms with Gasteiger partial charge in [-0.15, -0.1) is 0 Å². The minimum atomic E-state index is -1.02. The number of rotatable bonds is 5. The highest BCUT2D eigenvalue weighted by Gasteiger charge is 2.53. The van der Waals surface area contributed by atoms with Crippen molar-refractivity contribution >= 4 is 12.1 Å². The van der Waals surface area contributed by atoms with Crippen LogP contribution >= 0.6 is 0 Å². The van der Waals surface area contributed by atoms with E-state index in [9.17, 15) is 9.59 Å². The van der Waals surface area contributed by atoms with Gasteiger partial charge in [-0.3, -0.25) is 0 Å². The molecule has 1 amide bonds. The predicted octanol–water partition coefficient (Wildman–Crippen LogP) is 4.08. The number of hydrogen-bond donors (Lipinski definition) is 1. The molecule has 2 unspecified atom stereocenters. The quantitative estimate of drug-likeness (QED) is 0.718. The number of piperidine rings is 1. The zero-order valence-electron chi connectivity index (χ0n) is 18.7. The van der Waals surface area contributed by atoms with Crippen molar-refractivity contribution < 1.29 is 19.1 Å². The molecule has 168 valence electrons. The van der Waals surface area contributed by atoms with E-state index >= 15 is 0 Å². The van der Waals surface area contributed by atoms with Crippen LogP contribution in [0.3, 0.4) is 0 Å². The smallest absolute Gasteiger partial charge is 0.408 e. The Morgan fingerprint density at radius 2 is 1.53 bits per heavy atom. The van der Waals surface area contributed by atoms with E-state index in [0.717, 1.165) is 12.8 Å². The van der Waals surface area contributed by atoms with Gasteiger partial charge in [0.05, 0.1) is 6.61 Å². The van der Waals surface area contributed by atoms with E-state index in [-0.39, 0.29) is 37.2 Å². The first-order valence-electron chi connectivity index (χ1n) is 11.5. The third-order valence-electron chi connectivity index (χ3n) is 7.50. The van der Waals surface area contributed by atoms with Gasteiger partial charge in [0.15, 0.2) is 0 Å². The summed E-state index contributed by atoms with van der Waals surface area (Å²) in [6, 6.07) is 17.0. The van der Waals surface area contributed by atoms with Crippen LogP contribution in [0.2, 0.25) is 0 Å². The number of ether oxygens (including phenoxy) is 2. The van der Waals surface area contributed by atoms with Crippen LogP contribution in [0.1, 0.15) is 49.7 Å². The Kier molecular flexibility index (Phi) is 5.41. The van der Waals surface area contributed by atoms with E-state index in [1.54, 1.807) is 6.92 Å². The molecule has 2 aromatic rings. The number of benzene rings is 2. The maximum absolute atomic E-state index is 13.0. The maximum atomic E-state index is 13.0. The second-order valence-electron chi connectivity index (χ2n) is 9.21. The van der Waals surface area contributed by atoms with Crippen LogP contribution in [-0.4, -0.2) is 54.8 Å². The molecule has 5 rings (SSSR count). The van der Waals surface area contributed by atoms with Crippen molar-refractivity contribution in [2.75, 3.05) is 20.3 Å². The van der Waals surface area contributed by atoms with Crippen LogP contribution in [0.5, 0.6) is 0 Å². The summed E-state index contributed by atoms with van der Waals surface area (Å²) in [5.41, 5.74) is 3.69. The third-order valence-corrected chi connectivity index (χ3v) is 7.50. The highest BCUT2D eigenvalue weighted by molar-refractivity contribution is 5.86. The predicted molar refractivity (Wildman–Crippen MR) is 121 cm³/mol. The molecule has 6 heteroatoms. The Balaban J connectivity index is 1.32. The standard InChI is InChI=1S/C26H30N2O4/c1-3-31-24(29)26(14-17-12-13-18(15-26)28(17)2)27-25(30)32-16-23-21-10-6-4-8-19(21)20-9-5-7-11-22(20)23/h4-11,17-18,23H,3,12-16H2,1-2H3,(H,27,30). The number of nitrogens with zero attached hydrogens (tertiary/aromatic N) is 1. The van der Waals surface area contributed by atoms with Crippen LogP contribution in [0, 0.1) is 0 Å². The zero-order chi connectivity index (χ0) is 22.3. The van der Waals surface area contributed by atoms with E-state index in [0.29, 0.717) is 12.8 Å². The zero-order valence-corrected chi connectivity index (χ0v) is 18.7. The summed E-state index contributed by atoms with van der Waals surface area (Å²) in [6.07, 6.45) is 2.64. The van der Waals surface area contributed by atoms with Crippen LogP contribution in [0.4, 0.5) is 4.79 Å². The molecule has 1 N–H and O–H groups in total. The number of nitrogens with one attached hydrogen (secondary N) is 1. The first-order chi connectivity index (χ1) is 15.5. The lowest BCUT2D eigenvalue weighted by Gasteiger charge is -2.43.